The van der Waals surface area contributed by atoms with Crippen LogP contribution in [0.4, 0.5) is 0 Å². The minimum absolute atomic E-state index is 0.0434. The van der Waals surface area contributed by atoms with Crippen molar-refractivity contribution in [3.05, 3.63) is 70.8 Å². The summed E-state index contributed by atoms with van der Waals surface area (Å²) < 4.78 is 0. The highest BCUT2D eigenvalue weighted by Crippen LogP contribution is 2.40. The summed E-state index contributed by atoms with van der Waals surface area (Å²) in [6.07, 6.45) is 1.88. The van der Waals surface area contributed by atoms with Crippen molar-refractivity contribution in [3.63, 3.8) is 0 Å². The van der Waals surface area contributed by atoms with E-state index in [1.165, 1.54) is 16.0 Å². The maximum absolute atomic E-state index is 11.0. The molecule has 3 rings (SSSR count). The van der Waals surface area contributed by atoms with Crippen LogP contribution in [-0.2, 0) is 10.5 Å². The van der Waals surface area contributed by atoms with Gasteiger partial charge < -0.3 is 5.11 Å². The maximum atomic E-state index is 11.0. The van der Waals surface area contributed by atoms with Crippen LogP contribution in [0.25, 0.3) is 5.57 Å². The normalized spacial score (nSPS) is 15.2. The van der Waals surface area contributed by atoms with Gasteiger partial charge in [-0.15, -0.1) is 11.8 Å². The standard InChI is InChI=1S/C18H16O2S/c1-12-6-8-17-16(10-12)15(7-9-18(19)20)14-5-3-2-4-13(14)11-21-17/h2-8,10H,9,11H2,1H3,(H,19,20). The molecule has 1 heterocycles. The first-order chi connectivity index (χ1) is 10.1. The summed E-state index contributed by atoms with van der Waals surface area (Å²) >= 11 is 1.81. The van der Waals surface area contributed by atoms with Crippen molar-refractivity contribution < 1.29 is 9.90 Å². The molecule has 1 N–H and O–H groups in total. The van der Waals surface area contributed by atoms with Gasteiger partial charge in [-0.1, -0.05) is 48.0 Å². The molecule has 0 saturated carbocycles. The van der Waals surface area contributed by atoms with Crippen molar-refractivity contribution in [2.24, 2.45) is 0 Å². The summed E-state index contributed by atoms with van der Waals surface area (Å²) in [5, 5.41) is 9.02. The van der Waals surface area contributed by atoms with Crippen LogP contribution in [0.1, 0.15) is 28.7 Å². The number of carboxylic acids is 1. The number of thioether (sulfide) groups is 1. The molecule has 3 heteroatoms. The van der Waals surface area contributed by atoms with E-state index < -0.39 is 5.97 Å². The van der Waals surface area contributed by atoms with E-state index in [2.05, 4.69) is 37.3 Å². The fraction of sp³-hybridized carbons (Fsp3) is 0.167. The Balaban J connectivity index is 2.21. The van der Waals surface area contributed by atoms with Gasteiger partial charge in [0.05, 0.1) is 6.42 Å². The molecule has 2 aromatic rings. The lowest BCUT2D eigenvalue weighted by Crippen LogP contribution is -1.96. The van der Waals surface area contributed by atoms with Gasteiger partial charge in [0, 0.05) is 10.6 Å². The molecular formula is C18H16O2S. The van der Waals surface area contributed by atoms with Crippen LogP contribution in [0.15, 0.2) is 53.4 Å². The van der Waals surface area contributed by atoms with Gasteiger partial charge in [0.15, 0.2) is 0 Å². The van der Waals surface area contributed by atoms with E-state index in [4.69, 9.17) is 5.11 Å². The fourth-order valence-electron chi connectivity index (χ4n) is 2.60. The van der Waals surface area contributed by atoms with Crippen molar-refractivity contribution in [3.8, 4) is 0 Å². The van der Waals surface area contributed by atoms with Gasteiger partial charge in [0.25, 0.3) is 0 Å². The topological polar surface area (TPSA) is 37.3 Å². The lowest BCUT2D eigenvalue weighted by atomic mass is 9.93. The molecule has 0 saturated heterocycles. The van der Waals surface area contributed by atoms with Crippen molar-refractivity contribution in [2.45, 2.75) is 24.0 Å². The molecule has 0 aliphatic carbocycles. The zero-order chi connectivity index (χ0) is 14.8. The highest BCUT2D eigenvalue weighted by atomic mass is 32.2. The third kappa shape index (κ3) is 2.88. The quantitative estimate of drug-likeness (QED) is 0.886. The molecule has 0 fully saturated rings. The first-order valence-corrected chi connectivity index (χ1v) is 7.88. The number of aliphatic carboxylic acids is 1. The number of hydrogen-bond donors (Lipinski definition) is 1. The fourth-order valence-corrected chi connectivity index (χ4v) is 3.65. The highest BCUT2D eigenvalue weighted by molar-refractivity contribution is 7.98. The summed E-state index contributed by atoms with van der Waals surface area (Å²) in [4.78, 5) is 12.2. The third-order valence-corrected chi connectivity index (χ3v) is 4.72. The van der Waals surface area contributed by atoms with Crippen LogP contribution >= 0.6 is 11.8 Å². The highest BCUT2D eigenvalue weighted by Gasteiger charge is 2.18. The van der Waals surface area contributed by atoms with E-state index in [1.807, 2.05) is 30.0 Å². The number of aryl methyl sites for hydroxylation is 1. The monoisotopic (exact) mass is 296 g/mol. The number of carboxylic acid groups (broad SMARTS) is 1. The van der Waals surface area contributed by atoms with E-state index in [-0.39, 0.29) is 6.42 Å². The number of hydrogen-bond acceptors (Lipinski definition) is 2. The number of benzene rings is 2. The predicted molar refractivity (Wildman–Crippen MR) is 86.5 cm³/mol. The molecule has 2 nitrogen and oxygen atoms in total. The first-order valence-electron chi connectivity index (χ1n) is 6.89. The SMILES string of the molecule is Cc1ccc2c(c1)C(=CCC(=O)O)c1ccccc1CS2. The third-order valence-electron chi connectivity index (χ3n) is 3.60. The number of fused-ring (bicyclic) bond motifs is 2. The number of carbonyl (C=O) groups is 1. The Morgan fingerprint density at radius 1 is 1.24 bits per heavy atom. The molecular weight excluding hydrogens is 280 g/mol. The second kappa shape index (κ2) is 5.78. The Labute approximate surface area is 128 Å². The van der Waals surface area contributed by atoms with Gasteiger partial charge in [0.2, 0.25) is 0 Å². The maximum Gasteiger partial charge on any atom is 0.307 e. The van der Waals surface area contributed by atoms with Crippen LogP contribution in [0.3, 0.4) is 0 Å². The predicted octanol–water partition coefficient (Wildman–Crippen LogP) is 4.51. The van der Waals surface area contributed by atoms with Gasteiger partial charge in [-0.05, 0) is 35.3 Å². The zero-order valence-electron chi connectivity index (χ0n) is 11.8. The Bertz CT molecular complexity index is 732. The van der Waals surface area contributed by atoms with Crippen molar-refractivity contribution in [1.82, 2.24) is 0 Å². The van der Waals surface area contributed by atoms with E-state index in [1.54, 1.807) is 0 Å². The van der Waals surface area contributed by atoms with Crippen LogP contribution in [0, 0.1) is 6.92 Å². The van der Waals surface area contributed by atoms with Crippen molar-refractivity contribution in [2.75, 3.05) is 0 Å². The average Bonchev–Trinajstić information content (AvgIpc) is 2.62. The van der Waals surface area contributed by atoms with Crippen LogP contribution < -0.4 is 0 Å². The molecule has 0 spiro atoms. The second-order valence-corrected chi connectivity index (χ2v) is 6.18. The average molecular weight is 296 g/mol. The lowest BCUT2D eigenvalue weighted by molar-refractivity contribution is -0.135. The molecule has 0 amide bonds. The summed E-state index contributed by atoms with van der Waals surface area (Å²) in [7, 11) is 0. The molecule has 0 radical (unpaired) electrons. The molecule has 0 atom stereocenters. The molecule has 0 aromatic heterocycles. The molecule has 0 bridgehead atoms. The van der Waals surface area contributed by atoms with E-state index in [0.29, 0.717) is 0 Å². The smallest absolute Gasteiger partial charge is 0.307 e. The molecule has 0 unspecified atom stereocenters. The van der Waals surface area contributed by atoms with Crippen molar-refractivity contribution in [1.29, 1.82) is 0 Å². The van der Waals surface area contributed by atoms with Crippen LogP contribution in [0.5, 0.6) is 0 Å². The largest absolute Gasteiger partial charge is 0.481 e. The summed E-state index contributed by atoms with van der Waals surface area (Å²) in [6.45, 7) is 2.07. The number of rotatable bonds is 2. The lowest BCUT2D eigenvalue weighted by Gasteiger charge is -2.12. The Hall–Kier alpha value is -2.00. The van der Waals surface area contributed by atoms with E-state index >= 15 is 0 Å². The van der Waals surface area contributed by atoms with E-state index in [0.717, 1.165) is 22.5 Å². The summed E-state index contributed by atoms with van der Waals surface area (Å²) in [6, 6.07) is 14.6. The molecule has 21 heavy (non-hydrogen) atoms. The molecule has 2 aromatic carbocycles. The Morgan fingerprint density at radius 3 is 2.86 bits per heavy atom. The molecule has 1 aliphatic heterocycles. The van der Waals surface area contributed by atoms with Gasteiger partial charge in [-0.25, -0.2) is 0 Å². The Morgan fingerprint density at radius 2 is 2.05 bits per heavy atom. The first kappa shape index (κ1) is 14.0. The zero-order valence-corrected chi connectivity index (χ0v) is 12.6. The molecule has 106 valence electrons. The van der Waals surface area contributed by atoms with Gasteiger partial charge in [-0.3, -0.25) is 4.79 Å². The van der Waals surface area contributed by atoms with Crippen molar-refractivity contribution >= 4 is 23.3 Å². The van der Waals surface area contributed by atoms with Gasteiger partial charge >= 0.3 is 5.97 Å². The van der Waals surface area contributed by atoms with Gasteiger partial charge in [0.1, 0.15) is 0 Å². The molecule has 1 aliphatic rings. The summed E-state index contributed by atoms with van der Waals surface area (Å²) in [5.74, 6) is 0.113. The van der Waals surface area contributed by atoms with E-state index in [9.17, 15) is 4.79 Å². The van der Waals surface area contributed by atoms with Crippen LogP contribution in [-0.4, -0.2) is 11.1 Å². The minimum Gasteiger partial charge on any atom is -0.481 e. The Kier molecular flexibility index (Phi) is 3.84. The van der Waals surface area contributed by atoms with Gasteiger partial charge in [-0.2, -0.15) is 0 Å². The summed E-state index contributed by atoms with van der Waals surface area (Å²) in [5.41, 5.74) is 5.78. The van der Waals surface area contributed by atoms with Crippen LogP contribution in [0.2, 0.25) is 0 Å². The minimum atomic E-state index is -0.800. The second-order valence-electron chi connectivity index (χ2n) is 5.16.